The largest absolute Gasteiger partial charge is 0.444 e. The van der Waals surface area contributed by atoms with E-state index in [2.05, 4.69) is 18.3 Å². The highest BCUT2D eigenvalue weighted by Gasteiger charge is 2.25. The summed E-state index contributed by atoms with van der Waals surface area (Å²) in [6.45, 7) is 2.42. The second-order valence-corrected chi connectivity index (χ2v) is 7.13. The quantitative estimate of drug-likeness (QED) is 0.862. The second-order valence-electron chi connectivity index (χ2n) is 6.02. The molecule has 0 fully saturated rings. The third-order valence-electron chi connectivity index (χ3n) is 4.48. The number of ether oxygens (including phenoxy) is 1. The van der Waals surface area contributed by atoms with E-state index in [4.69, 9.17) is 4.74 Å². The lowest BCUT2D eigenvalue weighted by molar-refractivity contribution is 0.155. The molecule has 1 atom stereocenters. The van der Waals surface area contributed by atoms with Gasteiger partial charge in [0.05, 0.1) is 5.56 Å². The molecule has 0 radical (unpaired) electrons. The number of nitrogens with one attached hydrogen (secondary N) is 1. The normalized spacial score (nSPS) is 16.1. The highest BCUT2D eigenvalue weighted by atomic mass is 32.1. The van der Waals surface area contributed by atoms with Crippen molar-refractivity contribution in [2.75, 3.05) is 5.32 Å². The van der Waals surface area contributed by atoms with Gasteiger partial charge in [-0.1, -0.05) is 43.7 Å². The van der Waals surface area contributed by atoms with Crippen LogP contribution in [0.3, 0.4) is 0 Å². The standard InChI is InChI=1S/C19H20N2O2S/c1-2-13-8-9-15-16(11-20)18(24-17(15)10-13)21-19(22)23-12-14-6-4-3-5-7-14/h3-7,13H,2,8-10,12H2,1H3,(H,21,22). The van der Waals surface area contributed by atoms with E-state index in [9.17, 15) is 10.1 Å². The number of carbonyl (C=O) groups excluding carboxylic acids is 1. The van der Waals surface area contributed by atoms with Crippen molar-refractivity contribution < 1.29 is 9.53 Å². The summed E-state index contributed by atoms with van der Waals surface area (Å²) in [5.74, 6) is 0.681. The highest BCUT2D eigenvalue weighted by Crippen LogP contribution is 2.40. The highest BCUT2D eigenvalue weighted by molar-refractivity contribution is 7.16. The SMILES string of the molecule is CCC1CCc2c(sc(NC(=O)OCc3ccccc3)c2C#N)C1. The van der Waals surface area contributed by atoms with Gasteiger partial charge in [0.1, 0.15) is 17.7 Å². The van der Waals surface area contributed by atoms with Crippen LogP contribution in [0.2, 0.25) is 0 Å². The molecule has 1 heterocycles. The van der Waals surface area contributed by atoms with E-state index in [1.165, 1.54) is 16.2 Å². The summed E-state index contributed by atoms with van der Waals surface area (Å²) in [6.07, 6.45) is 3.69. The van der Waals surface area contributed by atoms with Crippen LogP contribution >= 0.6 is 11.3 Å². The molecule has 1 unspecified atom stereocenters. The Balaban J connectivity index is 1.68. The van der Waals surface area contributed by atoms with Gasteiger partial charge in [0.25, 0.3) is 0 Å². The number of fused-ring (bicyclic) bond motifs is 1. The summed E-state index contributed by atoms with van der Waals surface area (Å²) < 4.78 is 5.25. The van der Waals surface area contributed by atoms with Crippen LogP contribution in [-0.2, 0) is 24.2 Å². The minimum absolute atomic E-state index is 0.220. The predicted molar refractivity (Wildman–Crippen MR) is 95.1 cm³/mol. The molecule has 1 aliphatic carbocycles. The molecule has 1 aromatic carbocycles. The molecule has 1 N–H and O–H groups in total. The van der Waals surface area contributed by atoms with Gasteiger partial charge in [0.2, 0.25) is 0 Å². The summed E-state index contributed by atoms with van der Waals surface area (Å²) in [7, 11) is 0. The fourth-order valence-electron chi connectivity index (χ4n) is 3.06. The van der Waals surface area contributed by atoms with Crippen LogP contribution in [0.25, 0.3) is 0 Å². The van der Waals surface area contributed by atoms with Gasteiger partial charge >= 0.3 is 6.09 Å². The molecule has 3 rings (SSSR count). The smallest absolute Gasteiger partial charge is 0.412 e. The van der Waals surface area contributed by atoms with E-state index in [0.717, 1.165) is 36.8 Å². The van der Waals surface area contributed by atoms with Crippen LogP contribution in [0.4, 0.5) is 9.80 Å². The topological polar surface area (TPSA) is 62.1 Å². The molecular weight excluding hydrogens is 320 g/mol. The fraction of sp³-hybridized carbons (Fsp3) is 0.368. The first-order valence-electron chi connectivity index (χ1n) is 8.23. The maximum atomic E-state index is 12.1. The third kappa shape index (κ3) is 3.60. The van der Waals surface area contributed by atoms with Crippen LogP contribution < -0.4 is 5.32 Å². The van der Waals surface area contributed by atoms with Gasteiger partial charge in [0, 0.05) is 4.88 Å². The zero-order chi connectivity index (χ0) is 16.9. The van der Waals surface area contributed by atoms with E-state index in [1.807, 2.05) is 30.3 Å². The van der Waals surface area contributed by atoms with Crippen LogP contribution in [0, 0.1) is 17.2 Å². The Kier molecular flexibility index (Phi) is 5.17. The summed E-state index contributed by atoms with van der Waals surface area (Å²) in [6, 6.07) is 11.8. The molecule has 0 bridgehead atoms. The molecule has 0 saturated heterocycles. The van der Waals surface area contributed by atoms with Gasteiger partial charge in [-0.05, 0) is 36.3 Å². The Morgan fingerprint density at radius 2 is 2.21 bits per heavy atom. The summed E-state index contributed by atoms with van der Waals surface area (Å²) in [4.78, 5) is 13.3. The summed E-state index contributed by atoms with van der Waals surface area (Å²) in [5.41, 5.74) is 2.66. The van der Waals surface area contributed by atoms with E-state index >= 15 is 0 Å². The average Bonchev–Trinajstić information content (AvgIpc) is 2.96. The van der Waals surface area contributed by atoms with Gasteiger partial charge in [-0.25, -0.2) is 4.79 Å². The number of hydrogen-bond donors (Lipinski definition) is 1. The second kappa shape index (κ2) is 7.50. The average molecular weight is 340 g/mol. The first kappa shape index (κ1) is 16.5. The number of anilines is 1. The minimum Gasteiger partial charge on any atom is -0.444 e. The number of hydrogen-bond acceptors (Lipinski definition) is 4. The monoisotopic (exact) mass is 340 g/mol. The molecule has 24 heavy (non-hydrogen) atoms. The minimum atomic E-state index is -0.513. The van der Waals surface area contributed by atoms with Crippen LogP contribution in [0.5, 0.6) is 0 Å². The molecule has 4 nitrogen and oxygen atoms in total. The molecule has 1 amide bonds. The third-order valence-corrected chi connectivity index (χ3v) is 5.65. The van der Waals surface area contributed by atoms with Crippen molar-refractivity contribution >= 4 is 22.4 Å². The lowest BCUT2D eigenvalue weighted by Crippen LogP contribution is -2.13. The Morgan fingerprint density at radius 1 is 1.42 bits per heavy atom. The van der Waals surface area contributed by atoms with Crippen molar-refractivity contribution in [3.8, 4) is 6.07 Å². The van der Waals surface area contributed by atoms with Crippen LogP contribution in [0.1, 0.15) is 41.3 Å². The molecule has 0 saturated carbocycles. The first-order chi connectivity index (χ1) is 11.7. The van der Waals surface area contributed by atoms with Crippen molar-refractivity contribution in [3.05, 3.63) is 51.9 Å². The maximum Gasteiger partial charge on any atom is 0.412 e. The van der Waals surface area contributed by atoms with Gasteiger partial charge in [-0.3, -0.25) is 5.32 Å². The predicted octanol–water partition coefficient (Wildman–Crippen LogP) is 4.88. The lowest BCUT2D eigenvalue weighted by Gasteiger charge is -2.20. The zero-order valence-electron chi connectivity index (χ0n) is 13.7. The van der Waals surface area contributed by atoms with E-state index in [1.54, 1.807) is 0 Å². The molecule has 124 valence electrons. The van der Waals surface area contributed by atoms with E-state index in [0.29, 0.717) is 16.5 Å². The van der Waals surface area contributed by atoms with Crippen molar-refractivity contribution in [1.82, 2.24) is 0 Å². The molecule has 1 aromatic heterocycles. The van der Waals surface area contributed by atoms with Crippen molar-refractivity contribution in [3.63, 3.8) is 0 Å². The summed E-state index contributed by atoms with van der Waals surface area (Å²) in [5, 5.41) is 12.9. The Labute approximate surface area is 146 Å². The van der Waals surface area contributed by atoms with Gasteiger partial charge in [0.15, 0.2) is 0 Å². The fourth-order valence-corrected chi connectivity index (χ4v) is 4.36. The van der Waals surface area contributed by atoms with Crippen molar-refractivity contribution in [2.24, 2.45) is 5.92 Å². The van der Waals surface area contributed by atoms with E-state index in [-0.39, 0.29) is 6.61 Å². The maximum absolute atomic E-state index is 12.1. The number of benzene rings is 1. The zero-order valence-corrected chi connectivity index (χ0v) is 14.5. The number of nitriles is 1. The molecular formula is C19H20N2O2S. The Hall–Kier alpha value is -2.32. The molecule has 5 heteroatoms. The first-order valence-corrected chi connectivity index (χ1v) is 9.05. The molecule has 0 aliphatic heterocycles. The molecule has 1 aliphatic rings. The van der Waals surface area contributed by atoms with Gasteiger partial charge < -0.3 is 4.74 Å². The molecule has 2 aromatic rings. The number of thiophene rings is 1. The number of nitrogens with zero attached hydrogens (tertiary/aromatic N) is 1. The summed E-state index contributed by atoms with van der Waals surface area (Å²) >= 11 is 1.52. The molecule has 0 spiro atoms. The number of carbonyl (C=O) groups is 1. The van der Waals surface area contributed by atoms with E-state index < -0.39 is 6.09 Å². The number of amides is 1. The lowest BCUT2D eigenvalue weighted by atomic mass is 9.86. The van der Waals surface area contributed by atoms with Crippen molar-refractivity contribution in [2.45, 2.75) is 39.2 Å². The van der Waals surface area contributed by atoms with Crippen LogP contribution in [-0.4, -0.2) is 6.09 Å². The Bertz CT molecular complexity index is 762. The van der Waals surface area contributed by atoms with Gasteiger partial charge in [-0.15, -0.1) is 11.3 Å². The Morgan fingerprint density at radius 3 is 2.92 bits per heavy atom. The van der Waals surface area contributed by atoms with Gasteiger partial charge in [-0.2, -0.15) is 5.26 Å². The van der Waals surface area contributed by atoms with Crippen molar-refractivity contribution in [1.29, 1.82) is 5.26 Å². The van der Waals surface area contributed by atoms with Crippen LogP contribution in [0.15, 0.2) is 30.3 Å². The number of rotatable bonds is 4.